The first-order valence-corrected chi connectivity index (χ1v) is 5.72. The third-order valence-corrected chi connectivity index (χ3v) is 2.30. The van der Waals surface area contributed by atoms with Gasteiger partial charge >= 0.3 is 5.97 Å². The smallest absolute Gasteiger partial charge is 0.371 e. The fourth-order valence-corrected chi connectivity index (χ4v) is 1.58. The van der Waals surface area contributed by atoms with Crippen LogP contribution in [0.15, 0.2) is 16.5 Å². The maximum atomic E-state index is 12.0. The number of amides is 1. The van der Waals surface area contributed by atoms with Crippen LogP contribution in [0, 0.1) is 0 Å². The van der Waals surface area contributed by atoms with E-state index in [4.69, 9.17) is 9.52 Å². The van der Waals surface area contributed by atoms with Gasteiger partial charge in [0.15, 0.2) is 5.76 Å². The summed E-state index contributed by atoms with van der Waals surface area (Å²) in [5.41, 5.74) is 0. The van der Waals surface area contributed by atoms with Crippen molar-refractivity contribution in [2.75, 3.05) is 13.1 Å². The van der Waals surface area contributed by atoms with Crippen LogP contribution in [0.2, 0.25) is 0 Å². The Morgan fingerprint density at radius 3 is 2.12 bits per heavy atom. The number of aromatic carboxylic acids is 1. The van der Waals surface area contributed by atoms with Gasteiger partial charge in [0.25, 0.3) is 5.91 Å². The SMILES string of the molecule is CCCN(CCC)C(=O)c1ccc(C(=O)O)o1. The van der Waals surface area contributed by atoms with Gasteiger partial charge in [-0.2, -0.15) is 0 Å². The Balaban J connectivity index is 2.81. The van der Waals surface area contributed by atoms with Crippen molar-refractivity contribution in [3.8, 4) is 0 Å². The molecule has 94 valence electrons. The average Bonchev–Trinajstić information content (AvgIpc) is 2.77. The topological polar surface area (TPSA) is 70.8 Å². The van der Waals surface area contributed by atoms with Crippen LogP contribution in [0.5, 0.6) is 0 Å². The predicted molar refractivity (Wildman–Crippen MR) is 62.2 cm³/mol. The second kappa shape index (κ2) is 6.08. The molecule has 1 rings (SSSR count). The van der Waals surface area contributed by atoms with Crippen LogP contribution in [0.3, 0.4) is 0 Å². The highest BCUT2D eigenvalue weighted by Crippen LogP contribution is 2.11. The summed E-state index contributed by atoms with van der Waals surface area (Å²) in [6.45, 7) is 5.27. The maximum Gasteiger partial charge on any atom is 0.371 e. The Labute approximate surface area is 100 Å². The summed E-state index contributed by atoms with van der Waals surface area (Å²) in [4.78, 5) is 24.3. The zero-order valence-electron chi connectivity index (χ0n) is 10.1. The number of furan rings is 1. The lowest BCUT2D eigenvalue weighted by Gasteiger charge is -2.19. The molecule has 0 aliphatic heterocycles. The lowest BCUT2D eigenvalue weighted by molar-refractivity contribution is 0.0649. The molecular weight excluding hydrogens is 222 g/mol. The highest BCUT2D eigenvalue weighted by atomic mass is 16.4. The Morgan fingerprint density at radius 1 is 1.18 bits per heavy atom. The minimum atomic E-state index is -1.17. The molecular formula is C12H17NO4. The first-order chi connectivity index (χ1) is 8.10. The molecule has 0 unspecified atom stereocenters. The molecule has 0 spiro atoms. The van der Waals surface area contributed by atoms with Gasteiger partial charge in [-0.25, -0.2) is 4.79 Å². The van der Waals surface area contributed by atoms with Gasteiger partial charge in [0.1, 0.15) is 0 Å². The molecule has 0 bridgehead atoms. The molecule has 1 heterocycles. The van der Waals surface area contributed by atoms with E-state index in [-0.39, 0.29) is 17.4 Å². The summed E-state index contributed by atoms with van der Waals surface area (Å²) in [6, 6.07) is 2.70. The fourth-order valence-electron chi connectivity index (χ4n) is 1.58. The summed E-state index contributed by atoms with van der Waals surface area (Å²) >= 11 is 0. The molecule has 0 aliphatic rings. The van der Waals surface area contributed by atoms with Gasteiger partial charge in [-0.05, 0) is 25.0 Å². The Kier molecular flexibility index (Phi) is 4.75. The third-order valence-electron chi connectivity index (χ3n) is 2.30. The molecule has 0 aromatic carbocycles. The number of hydrogen-bond acceptors (Lipinski definition) is 3. The summed E-state index contributed by atoms with van der Waals surface area (Å²) < 4.78 is 4.99. The molecule has 1 N–H and O–H groups in total. The first kappa shape index (κ1) is 13.3. The van der Waals surface area contributed by atoms with Crippen LogP contribution in [-0.2, 0) is 0 Å². The molecule has 1 aromatic rings. The Morgan fingerprint density at radius 2 is 1.71 bits per heavy atom. The summed E-state index contributed by atoms with van der Waals surface area (Å²) in [6.07, 6.45) is 1.72. The number of carbonyl (C=O) groups is 2. The summed E-state index contributed by atoms with van der Waals surface area (Å²) in [5, 5.41) is 8.71. The molecule has 17 heavy (non-hydrogen) atoms. The van der Waals surface area contributed by atoms with Crippen LogP contribution in [0.4, 0.5) is 0 Å². The molecule has 5 heteroatoms. The number of nitrogens with zero attached hydrogens (tertiary/aromatic N) is 1. The van der Waals surface area contributed by atoms with E-state index in [1.165, 1.54) is 12.1 Å². The van der Waals surface area contributed by atoms with Gasteiger partial charge in [-0.15, -0.1) is 0 Å². The van der Waals surface area contributed by atoms with E-state index in [2.05, 4.69) is 0 Å². The van der Waals surface area contributed by atoms with Gasteiger partial charge in [0.2, 0.25) is 5.76 Å². The third kappa shape index (κ3) is 3.34. The van der Waals surface area contributed by atoms with Crippen molar-refractivity contribution < 1.29 is 19.1 Å². The van der Waals surface area contributed by atoms with Crippen LogP contribution < -0.4 is 0 Å². The van der Waals surface area contributed by atoms with E-state index < -0.39 is 5.97 Å². The molecule has 1 aromatic heterocycles. The van der Waals surface area contributed by atoms with E-state index in [1.54, 1.807) is 4.90 Å². The van der Waals surface area contributed by atoms with Crippen LogP contribution in [0.1, 0.15) is 47.8 Å². The monoisotopic (exact) mass is 239 g/mol. The Hall–Kier alpha value is -1.78. The maximum absolute atomic E-state index is 12.0. The van der Waals surface area contributed by atoms with Crippen LogP contribution >= 0.6 is 0 Å². The second-order valence-electron chi connectivity index (χ2n) is 3.76. The average molecular weight is 239 g/mol. The number of rotatable bonds is 6. The lowest BCUT2D eigenvalue weighted by atomic mass is 10.3. The van der Waals surface area contributed by atoms with Crippen LogP contribution in [0.25, 0.3) is 0 Å². The zero-order valence-corrected chi connectivity index (χ0v) is 10.1. The zero-order chi connectivity index (χ0) is 12.8. The fraction of sp³-hybridized carbons (Fsp3) is 0.500. The molecule has 0 fully saturated rings. The van der Waals surface area contributed by atoms with Gasteiger partial charge in [-0.1, -0.05) is 13.8 Å². The molecule has 0 atom stereocenters. The van der Waals surface area contributed by atoms with Crippen molar-refractivity contribution in [2.45, 2.75) is 26.7 Å². The van der Waals surface area contributed by atoms with Crippen molar-refractivity contribution in [1.29, 1.82) is 0 Å². The van der Waals surface area contributed by atoms with Gasteiger partial charge in [0, 0.05) is 13.1 Å². The molecule has 0 radical (unpaired) electrons. The molecule has 1 amide bonds. The van der Waals surface area contributed by atoms with Crippen molar-refractivity contribution in [1.82, 2.24) is 4.90 Å². The van der Waals surface area contributed by atoms with Crippen molar-refractivity contribution in [2.24, 2.45) is 0 Å². The summed E-state index contributed by atoms with van der Waals surface area (Å²) in [7, 11) is 0. The predicted octanol–water partition coefficient (Wildman–Crippen LogP) is 2.24. The molecule has 0 saturated heterocycles. The van der Waals surface area contributed by atoms with E-state index in [9.17, 15) is 9.59 Å². The van der Waals surface area contributed by atoms with E-state index in [1.807, 2.05) is 13.8 Å². The minimum Gasteiger partial charge on any atom is -0.475 e. The standard InChI is InChI=1S/C12H17NO4/c1-3-7-13(8-4-2)11(14)9-5-6-10(17-9)12(15)16/h5-6H,3-4,7-8H2,1-2H3,(H,15,16). The van der Waals surface area contributed by atoms with E-state index in [0.717, 1.165) is 12.8 Å². The molecule has 5 nitrogen and oxygen atoms in total. The number of carbonyl (C=O) groups excluding carboxylic acids is 1. The molecule has 0 aliphatic carbocycles. The Bertz CT molecular complexity index is 391. The first-order valence-electron chi connectivity index (χ1n) is 5.72. The second-order valence-corrected chi connectivity index (χ2v) is 3.76. The number of carboxylic acids is 1. The number of carboxylic acid groups (broad SMARTS) is 1. The van der Waals surface area contributed by atoms with Gasteiger partial charge < -0.3 is 14.4 Å². The highest BCUT2D eigenvalue weighted by Gasteiger charge is 2.19. The van der Waals surface area contributed by atoms with Crippen LogP contribution in [-0.4, -0.2) is 35.0 Å². The van der Waals surface area contributed by atoms with Gasteiger partial charge in [0.05, 0.1) is 0 Å². The minimum absolute atomic E-state index is 0.0873. The quantitative estimate of drug-likeness (QED) is 0.826. The lowest BCUT2D eigenvalue weighted by Crippen LogP contribution is -2.32. The summed E-state index contributed by atoms with van der Waals surface area (Å²) in [5.74, 6) is -1.53. The largest absolute Gasteiger partial charge is 0.475 e. The van der Waals surface area contributed by atoms with E-state index >= 15 is 0 Å². The van der Waals surface area contributed by atoms with Crippen molar-refractivity contribution in [3.63, 3.8) is 0 Å². The number of hydrogen-bond donors (Lipinski definition) is 1. The van der Waals surface area contributed by atoms with Gasteiger partial charge in [-0.3, -0.25) is 4.79 Å². The van der Waals surface area contributed by atoms with E-state index in [0.29, 0.717) is 13.1 Å². The normalized spacial score (nSPS) is 10.2. The van der Waals surface area contributed by atoms with Crippen molar-refractivity contribution in [3.05, 3.63) is 23.7 Å². The molecule has 0 saturated carbocycles. The van der Waals surface area contributed by atoms with Crippen molar-refractivity contribution >= 4 is 11.9 Å². The highest BCUT2D eigenvalue weighted by molar-refractivity contribution is 5.93.